The van der Waals surface area contributed by atoms with E-state index in [2.05, 4.69) is 0 Å². The molecule has 0 N–H and O–H groups in total. The van der Waals surface area contributed by atoms with Crippen LogP contribution in [0.1, 0.15) is 25.8 Å². The fourth-order valence-corrected chi connectivity index (χ4v) is 1.73. The SMILES string of the molecule is CCOC(=O)/C(=C/c1ccc2c(c1)OCO2)CC. The molecule has 1 heterocycles. The Kier molecular flexibility index (Phi) is 3.87. The van der Waals surface area contributed by atoms with E-state index in [0.29, 0.717) is 24.4 Å². The number of carbonyl (C=O) groups excluding carboxylic acids is 1. The number of esters is 1. The van der Waals surface area contributed by atoms with E-state index in [4.69, 9.17) is 14.2 Å². The molecule has 0 amide bonds. The summed E-state index contributed by atoms with van der Waals surface area (Å²) in [6.45, 7) is 4.36. The van der Waals surface area contributed by atoms with Crippen molar-refractivity contribution < 1.29 is 19.0 Å². The van der Waals surface area contributed by atoms with E-state index in [1.165, 1.54) is 0 Å². The van der Waals surface area contributed by atoms with Gasteiger partial charge < -0.3 is 14.2 Å². The van der Waals surface area contributed by atoms with Crippen LogP contribution in [-0.4, -0.2) is 19.4 Å². The first-order valence-corrected chi connectivity index (χ1v) is 6.02. The maximum atomic E-state index is 11.7. The van der Waals surface area contributed by atoms with Gasteiger partial charge in [0.15, 0.2) is 11.5 Å². The van der Waals surface area contributed by atoms with Gasteiger partial charge in [0, 0.05) is 5.57 Å². The number of fused-ring (bicyclic) bond motifs is 1. The molecule has 0 saturated carbocycles. The van der Waals surface area contributed by atoms with E-state index in [1.54, 1.807) is 6.92 Å². The Morgan fingerprint density at radius 3 is 2.83 bits per heavy atom. The highest BCUT2D eigenvalue weighted by molar-refractivity contribution is 5.93. The van der Waals surface area contributed by atoms with Crippen LogP contribution in [0.25, 0.3) is 6.08 Å². The average Bonchev–Trinajstić information content (AvgIpc) is 2.83. The van der Waals surface area contributed by atoms with Crippen LogP contribution < -0.4 is 9.47 Å². The topological polar surface area (TPSA) is 44.8 Å². The molecule has 0 aromatic heterocycles. The van der Waals surface area contributed by atoms with Crippen LogP contribution in [0.2, 0.25) is 0 Å². The smallest absolute Gasteiger partial charge is 0.333 e. The van der Waals surface area contributed by atoms with Gasteiger partial charge in [0.2, 0.25) is 6.79 Å². The molecule has 0 fully saturated rings. The van der Waals surface area contributed by atoms with E-state index in [1.807, 2.05) is 31.2 Å². The molecule has 1 aliphatic heterocycles. The van der Waals surface area contributed by atoms with Gasteiger partial charge in [-0.2, -0.15) is 0 Å². The number of hydrogen-bond donors (Lipinski definition) is 0. The highest BCUT2D eigenvalue weighted by Gasteiger charge is 2.14. The lowest BCUT2D eigenvalue weighted by molar-refractivity contribution is -0.138. The number of rotatable bonds is 4. The third kappa shape index (κ3) is 2.64. The van der Waals surface area contributed by atoms with Crippen molar-refractivity contribution in [1.82, 2.24) is 0 Å². The fourth-order valence-electron chi connectivity index (χ4n) is 1.73. The van der Waals surface area contributed by atoms with Crippen LogP contribution >= 0.6 is 0 Å². The van der Waals surface area contributed by atoms with Gasteiger partial charge in [-0.3, -0.25) is 0 Å². The van der Waals surface area contributed by atoms with E-state index >= 15 is 0 Å². The number of hydrogen-bond acceptors (Lipinski definition) is 4. The molecule has 4 nitrogen and oxygen atoms in total. The predicted molar refractivity (Wildman–Crippen MR) is 67.5 cm³/mol. The van der Waals surface area contributed by atoms with E-state index in [0.717, 1.165) is 11.3 Å². The lowest BCUT2D eigenvalue weighted by Crippen LogP contribution is -2.06. The van der Waals surface area contributed by atoms with Crippen molar-refractivity contribution in [3.63, 3.8) is 0 Å². The lowest BCUT2D eigenvalue weighted by Gasteiger charge is -2.05. The molecule has 96 valence electrons. The quantitative estimate of drug-likeness (QED) is 0.607. The first-order chi connectivity index (χ1) is 8.74. The zero-order valence-electron chi connectivity index (χ0n) is 10.6. The number of carbonyl (C=O) groups is 1. The lowest BCUT2D eigenvalue weighted by atomic mass is 10.1. The summed E-state index contributed by atoms with van der Waals surface area (Å²) < 4.78 is 15.5. The Morgan fingerprint density at radius 1 is 1.33 bits per heavy atom. The summed E-state index contributed by atoms with van der Waals surface area (Å²) in [5, 5.41) is 0. The Hall–Kier alpha value is -1.97. The molecule has 1 aromatic rings. The first-order valence-electron chi connectivity index (χ1n) is 6.02. The van der Waals surface area contributed by atoms with Crippen LogP contribution in [0.3, 0.4) is 0 Å². The molecule has 0 spiro atoms. The number of ether oxygens (including phenoxy) is 3. The largest absolute Gasteiger partial charge is 0.463 e. The van der Waals surface area contributed by atoms with Crippen molar-refractivity contribution in [2.24, 2.45) is 0 Å². The maximum Gasteiger partial charge on any atom is 0.333 e. The molecule has 0 radical (unpaired) electrons. The van der Waals surface area contributed by atoms with Crippen LogP contribution in [0, 0.1) is 0 Å². The Balaban J connectivity index is 2.22. The molecule has 0 saturated heterocycles. The maximum absolute atomic E-state index is 11.7. The molecular weight excluding hydrogens is 232 g/mol. The van der Waals surface area contributed by atoms with Gasteiger partial charge in [-0.25, -0.2) is 4.79 Å². The highest BCUT2D eigenvalue weighted by atomic mass is 16.7. The van der Waals surface area contributed by atoms with Crippen LogP contribution in [0.15, 0.2) is 23.8 Å². The van der Waals surface area contributed by atoms with Crippen molar-refractivity contribution in [3.8, 4) is 11.5 Å². The summed E-state index contributed by atoms with van der Waals surface area (Å²) in [6, 6.07) is 5.59. The summed E-state index contributed by atoms with van der Waals surface area (Å²) in [4.78, 5) is 11.7. The first kappa shape index (κ1) is 12.5. The monoisotopic (exact) mass is 248 g/mol. The van der Waals surface area contributed by atoms with Gasteiger partial charge in [0.05, 0.1) is 6.61 Å². The van der Waals surface area contributed by atoms with Gasteiger partial charge in [0.1, 0.15) is 0 Å². The molecule has 0 atom stereocenters. The summed E-state index contributed by atoms with van der Waals surface area (Å²) in [6.07, 6.45) is 2.45. The molecule has 1 aliphatic rings. The van der Waals surface area contributed by atoms with Crippen molar-refractivity contribution in [2.75, 3.05) is 13.4 Å². The third-order valence-corrected chi connectivity index (χ3v) is 2.66. The minimum atomic E-state index is -0.266. The van der Waals surface area contributed by atoms with Crippen molar-refractivity contribution in [3.05, 3.63) is 29.3 Å². The summed E-state index contributed by atoms with van der Waals surface area (Å²) in [7, 11) is 0. The second-order valence-electron chi connectivity index (χ2n) is 3.86. The molecule has 2 rings (SSSR count). The van der Waals surface area contributed by atoms with E-state index in [-0.39, 0.29) is 12.8 Å². The molecule has 0 bridgehead atoms. The molecule has 0 aliphatic carbocycles. The summed E-state index contributed by atoms with van der Waals surface area (Å²) in [5.74, 6) is 1.18. The van der Waals surface area contributed by atoms with E-state index < -0.39 is 0 Å². The van der Waals surface area contributed by atoms with Crippen LogP contribution in [-0.2, 0) is 9.53 Å². The molecule has 4 heteroatoms. The van der Waals surface area contributed by atoms with Crippen LogP contribution in [0.4, 0.5) is 0 Å². The highest BCUT2D eigenvalue weighted by Crippen LogP contribution is 2.33. The van der Waals surface area contributed by atoms with Crippen molar-refractivity contribution in [2.45, 2.75) is 20.3 Å². The fraction of sp³-hybridized carbons (Fsp3) is 0.357. The normalized spacial score (nSPS) is 13.6. The molecule has 18 heavy (non-hydrogen) atoms. The third-order valence-electron chi connectivity index (χ3n) is 2.66. The predicted octanol–water partition coefficient (Wildman–Crippen LogP) is 2.77. The molecule has 1 aromatic carbocycles. The van der Waals surface area contributed by atoms with E-state index in [9.17, 15) is 4.79 Å². The summed E-state index contributed by atoms with van der Waals surface area (Å²) in [5.41, 5.74) is 1.56. The second kappa shape index (κ2) is 5.58. The van der Waals surface area contributed by atoms with Crippen LogP contribution in [0.5, 0.6) is 11.5 Å². The van der Waals surface area contributed by atoms with Gasteiger partial charge >= 0.3 is 5.97 Å². The Bertz CT molecular complexity index is 477. The average molecular weight is 248 g/mol. The van der Waals surface area contributed by atoms with Crippen molar-refractivity contribution in [1.29, 1.82) is 0 Å². The van der Waals surface area contributed by atoms with Gasteiger partial charge in [-0.15, -0.1) is 0 Å². The Labute approximate surface area is 106 Å². The summed E-state index contributed by atoms with van der Waals surface area (Å²) >= 11 is 0. The van der Waals surface area contributed by atoms with Crippen molar-refractivity contribution >= 4 is 12.0 Å². The zero-order chi connectivity index (χ0) is 13.0. The number of benzene rings is 1. The van der Waals surface area contributed by atoms with Gasteiger partial charge in [0.25, 0.3) is 0 Å². The Morgan fingerprint density at radius 2 is 2.11 bits per heavy atom. The van der Waals surface area contributed by atoms with Gasteiger partial charge in [-0.05, 0) is 37.1 Å². The molecule has 0 unspecified atom stereocenters. The second-order valence-corrected chi connectivity index (χ2v) is 3.86. The minimum Gasteiger partial charge on any atom is -0.463 e. The zero-order valence-corrected chi connectivity index (χ0v) is 10.6. The minimum absolute atomic E-state index is 0.251. The molecular formula is C14H16O4. The van der Waals surface area contributed by atoms with Gasteiger partial charge in [-0.1, -0.05) is 13.0 Å². The standard InChI is InChI=1S/C14H16O4/c1-3-11(14(15)16-4-2)7-10-5-6-12-13(8-10)18-9-17-12/h5-8H,3-4,9H2,1-2H3/b11-7+.